The number of hydrogen-bond donors (Lipinski definition) is 1. The van der Waals surface area contributed by atoms with E-state index in [1.807, 2.05) is 4.90 Å². The van der Waals surface area contributed by atoms with Crippen LogP contribution in [0, 0.1) is 5.92 Å². The van der Waals surface area contributed by atoms with E-state index in [1.54, 1.807) is 12.4 Å². The summed E-state index contributed by atoms with van der Waals surface area (Å²) in [6, 6.07) is 0.673. The van der Waals surface area contributed by atoms with Gasteiger partial charge in [0, 0.05) is 25.3 Å². The zero-order valence-electron chi connectivity index (χ0n) is 10.8. The fourth-order valence-electron chi connectivity index (χ4n) is 3.39. The Kier molecular flexibility index (Phi) is 3.07. The minimum Gasteiger partial charge on any atom is -0.338 e. The van der Waals surface area contributed by atoms with Gasteiger partial charge in [0.2, 0.25) is 0 Å². The van der Waals surface area contributed by atoms with Crippen LogP contribution in [0.2, 0.25) is 0 Å². The Bertz CT molecular complexity index is 417. The SMILES string of the molecule is CN1CCCC2CN(C(=O)c3cn[nH]c3)CCC21. The zero-order chi connectivity index (χ0) is 12.5. The minimum absolute atomic E-state index is 0.121. The van der Waals surface area contributed by atoms with Gasteiger partial charge in [-0.2, -0.15) is 5.10 Å². The first-order valence-corrected chi connectivity index (χ1v) is 6.74. The van der Waals surface area contributed by atoms with E-state index < -0.39 is 0 Å². The monoisotopic (exact) mass is 248 g/mol. The number of rotatable bonds is 1. The molecule has 5 heteroatoms. The number of hydrogen-bond acceptors (Lipinski definition) is 3. The van der Waals surface area contributed by atoms with Crippen LogP contribution in [0.15, 0.2) is 12.4 Å². The number of aromatic amines is 1. The van der Waals surface area contributed by atoms with Gasteiger partial charge in [0.1, 0.15) is 0 Å². The van der Waals surface area contributed by atoms with Gasteiger partial charge in [-0.3, -0.25) is 9.89 Å². The number of piperidine rings is 2. The third-order valence-corrected chi connectivity index (χ3v) is 4.38. The van der Waals surface area contributed by atoms with Crippen molar-refractivity contribution in [1.29, 1.82) is 0 Å². The Hall–Kier alpha value is -1.36. The van der Waals surface area contributed by atoms with Gasteiger partial charge in [-0.15, -0.1) is 0 Å². The van der Waals surface area contributed by atoms with Gasteiger partial charge in [0.25, 0.3) is 5.91 Å². The van der Waals surface area contributed by atoms with Crippen LogP contribution in [0.25, 0.3) is 0 Å². The Labute approximate surface area is 107 Å². The molecule has 2 aliphatic rings. The summed E-state index contributed by atoms with van der Waals surface area (Å²) in [5.41, 5.74) is 0.678. The standard InChI is InChI=1S/C13H20N4O/c1-16-5-2-3-10-9-17(6-4-12(10)16)13(18)11-7-14-15-8-11/h7-8,10,12H,2-6,9H2,1H3,(H,14,15). The molecule has 0 spiro atoms. The minimum atomic E-state index is 0.121. The molecule has 3 heterocycles. The summed E-state index contributed by atoms with van der Waals surface area (Å²) in [5.74, 6) is 0.767. The fraction of sp³-hybridized carbons (Fsp3) is 0.692. The molecule has 2 fully saturated rings. The second-order valence-electron chi connectivity index (χ2n) is 5.48. The van der Waals surface area contributed by atoms with Crippen LogP contribution in [-0.2, 0) is 0 Å². The molecule has 0 saturated carbocycles. The Morgan fingerprint density at radius 1 is 1.44 bits per heavy atom. The molecule has 2 saturated heterocycles. The predicted octanol–water partition coefficient (Wildman–Crippen LogP) is 0.966. The highest BCUT2D eigenvalue weighted by atomic mass is 16.2. The van der Waals surface area contributed by atoms with Crippen molar-refractivity contribution in [2.24, 2.45) is 5.92 Å². The fourth-order valence-corrected chi connectivity index (χ4v) is 3.39. The van der Waals surface area contributed by atoms with E-state index >= 15 is 0 Å². The second-order valence-corrected chi connectivity index (χ2v) is 5.48. The largest absolute Gasteiger partial charge is 0.338 e. The lowest BCUT2D eigenvalue weighted by atomic mass is 9.84. The Morgan fingerprint density at radius 2 is 2.33 bits per heavy atom. The number of carbonyl (C=O) groups excluding carboxylic acids is 1. The molecule has 0 bridgehead atoms. The van der Waals surface area contributed by atoms with Crippen molar-refractivity contribution in [2.45, 2.75) is 25.3 Å². The lowest BCUT2D eigenvalue weighted by Crippen LogP contribution is -2.53. The summed E-state index contributed by atoms with van der Waals surface area (Å²) < 4.78 is 0. The first kappa shape index (κ1) is 11.7. The highest BCUT2D eigenvalue weighted by Crippen LogP contribution is 2.30. The van der Waals surface area contributed by atoms with Crippen LogP contribution >= 0.6 is 0 Å². The topological polar surface area (TPSA) is 52.2 Å². The van der Waals surface area contributed by atoms with Crippen LogP contribution in [-0.4, -0.2) is 58.6 Å². The molecule has 5 nitrogen and oxygen atoms in total. The van der Waals surface area contributed by atoms with E-state index in [1.165, 1.54) is 19.4 Å². The van der Waals surface area contributed by atoms with Crippen molar-refractivity contribution >= 4 is 5.91 Å². The normalized spacial score (nSPS) is 29.1. The molecule has 1 amide bonds. The van der Waals surface area contributed by atoms with Crippen molar-refractivity contribution in [3.05, 3.63) is 18.0 Å². The number of aromatic nitrogens is 2. The quantitative estimate of drug-likeness (QED) is 0.805. The number of amides is 1. The average Bonchev–Trinajstić information content (AvgIpc) is 2.91. The Morgan fingerprint density at radius 3 is 3.11 bits per heavy atom. The van der Waals surface area contributed by atoms with E-state index in [4.69, 9.17) is 0 Å². The molecule has 18 heavy (non-hydrogen) atoms. The number of H-pyrrole nitrogens is 1. The van der Waals surface area contributed by atoms with Gasteiger partial charge in [-0.1, -0.05) is 0 Å². The van der Waals surface area contributed by atoms with Crippen LogP contribution in [0.1, 0.15) is 29.6 Å². The summed E-state index contributed by atoms with van der Waals surface area (Å²) in [6.07, 6.45) is 6.91. The Balaban J connectivity index is 1.69. The van der Waals surface area contributed by atoms with Gasteiger partial charge >= 0.3 is 0 Å². The molecule has 2 unspecified atom stereocenters. The van der Waals surface area contributed by atoms with Crippen molar-refractivity contribution < 1.29 is 4.79 Å². The maximum atomic E-state index is 12.3. The molecule has 0 aliphatic carbocycles. The molecule has 3 rings (SSSR count). The number of likely N-dealkylation sites (tertiary alicyclic amines) is 2. The molecule has 1 N–H and O–H groups in total. The first-order chi connectivity index (χ1) is 8.75. The molecule has 0 radical (unpaired) electrons. The zero-order valence-corrected chi connectivity index (χ0v) is 10.8. The number of nitrogens with zero attached hydrogens (tertiary/aromatic N) is 3. The summed E-state index contributed by atoms with van der Waals surface area (Å²) in [6.45, 7) is 2.98. The smallest absolute Gasteiger partial charge is 0.257 e. The summed E-state index contributed by atoms with van der Waals surface area (Å²) in [7, 11) is 2.21. The third-order valence-electron chi connectivity index (χ3n) is 4.38. The molecule has 98 valence electrons. The van der Waals surface area contributed by atoms with E-state index in [0.717, 1.165) is 19.5 Å². The molecular weight excluding hydrogens is 228 g/mol. The highest BCUT2D eigenvalue weighted by Gasteiger charge is 2.35. The average molecular weight is 248 g/mol. The number of nitrogens with one attached hydrogen (secondary N) is 1. The lowest BCUT2D eigenvalue weighted by Gasteiger charge is -2.45. The van der Waals surface area contributed by atoms with Crippen LogP contribution in [0.4, 0.5) is 0 Å². The lowest BCUT2D eigenvalue weighted by molar-refractivity contribution is 0.0317. The highest BCUT2D eigenvalue weighted by molar-refractivity contribution is 5.93. The van der Waals surface area contributed by atoms with E-state index in [0.29, 0.717) is 17.5 Å². The maximum Gasteiger partial charge on any atom is 0.257 e. The van der Waals surface area contributed by atoms with E-state index in [-0.39, 0.29) is 5.91 Å². The van der Waals surface area contributed by atoms with Gasteiger partial charge in [-0.25, -0.2) is 0 Å². The van der Waals surface area contributed by atoms with E-state index in [9.17, 15) is 4.79 Å². The predicted molar refractivity (Wildman–Crippen MR) is 68.3 cm³/mol. The van der Waals surface area contributed by atoms with Gasteiger partial charge in [0.15, 0.2) is 0 Å². The third kappa shape index (κ3) is 2.03. The van der Waals surface area contributed by atoms with Crippen molar-refractivity contribution in [2.75, 3.05) is 26.7 Å². The van der Waals surface area contributed by atoms with Gasteiger partial charge in [-0.05, 0) is 38.8 Å². The number of carbonyl (C=O) groups is 1. The van der Waals surface area contributed by atoms with Gasteiger partial charge in [0.05, 0.1) is 11.8 Å². The second kappa shape index (κ2) is 4.72. The summed E-state index contributed by atoms with van der Waals surface area (Å²) >= 11 is 0. The van der Waals surface area contributed by atoms with Gasteiger partial charge < -0.3 is 9.80 Å². The van der Waals surface area contributed by atoms with E-state index in [2.05, 4.69) is 22.1 Å². The van der Waals surface area contributed by atoms with Crippen molar-refractivity contribution in [3.63, 3.8) is 0 Å². The van der Waals surface area contributed by atoms with Crippen molar-refractivity contribution in [3.8, 4) is 0 Å². The van der Waals surface area contributed by atoms with Crippen LogP contribution < -0.4 is 0 Å². The maximum absolute atomic E-state index is 12.3. The molecular formula is C13H20N4O. The molecule has 2 atom stereocenters. The number of fused-ring (bicyclic) bond motifs is 1. The molecule has 1 aromatic rings. The molecule has 1 aromatic heterocycles. The summed E-state index contributed by atoms with van der Waals surface area (Å²) in [5, 5.41) is 6.56. The van der Waals surface area contributed by atoms with Crippen LogP contribution in [0.5, 0.6) is 0 Å². The van der Waals surface area contributed by atoms with Crippen LogP contribution in [0.3, 0.4) is 0 Å². The molecule has 2 aliphatic heterocycles. The molecule has 0 aromatic carbocycles. The first-order valence-electron chi connectivity index (χ1n) is 6.74. The summed E-state index contributed by atoms with van der Waals surface area (Å²) in [4.78, 5) is 16.7. The van der Waals surface area contributed by atoms with Crippen molar-refractivity contribution in [1.82, 2.24) is 20.0 Å².